The van der Waals surface area contributed by atoms with Crippen LogP contribution in [0.1, 0.15) is 0 Å². The SMILES string of the molecule is O=c1cc2[nH]ccn2c2cc(-c3nc(Nc4cc(F)c(N5CCNCC5)cc4F)ncc3F)cc(F)c12. The van der Waals surface area contributed by atoms with E-state index in [0.29, 0.717) is 31.8 Å². The summed E-state index contributed by atoms with van der Waals surface area (Å²) in [6.45, 7) is 2.40. The summed E-state index contributed by atoms with van der Waals surface area (Å²) in [6, 6.07) is 5.77. The number of hydrogen-bond donors (Lipinski definition) is 3. The molecule has 0 radical (unpaired) electrons. The highest BCUT2D eigenvalue weighted by molar-refractivity contribution is 5.87. The smallest absolute Gasteiger partial charge is 0.228 e. The summed E-state index contributed by atoms with van der Waals surface area (Å²) in [5.41, 5.74) is -0.230. The lowest BCUT2D eigenvalue weighted by molar-refractivity contribution is 0.559. The normalized spacial score (nSPS) is 14.0. The molecule has 0 atom stereocenters. The van der Waals surface area contributed by atoms with Gasteiger partial charge in [-0.2, -0.15) is 0 Å². The van der Waals surface area contributed by atoms with E-state index in [1.165, 1.54) is 12.1 Å². The Hall–Kier alpha value is -4.45. The van der Waals surface area contributed by atoms with E-state index in [0.717, 1.165) is 24.4 Å². The number of nitrogens with zero attached hydrogens (tertiary/aromatic N) is 4. The van der Waals surface area contributed by atoms with Crippen molar-refractivity contribution in [1.82, 2.24) is 24.7 Å². The van der Waals surface area contributed by atoms with E-state index in [1.54, 1.807) is 21.7 Å². The van der Waals surface area contributed by atoms with E-state index in [4.69, 9.17) is 0 Å². The van der Waals surface area contributed by atoms with Crippen LogP contribution in [0.25, 0.3) is 27.8 Å². The fraction of sp³-hybridized carbons (Fsp3) is 0.160. The second kappa shape index (κ2) is 8.89. The molecule has 188 valence electrons. The molecule has 37 heavy (non-hydrogen) atoms. The minimum atomic E-state index is -0.862. The van der Waals surface area contributed by atoms with Crippen LogP contribution >= 0.6 is 0 Å². The van der Waals surface area contributed by atoms with Crippen LogP contribution in [-0.2, 0) is 0 Å². The van der Waals surface area contributed by atoms with E-state index < -0.39 is 28.7 Å². The van der Waals surface area contributed by atoms with Crippen LogP contribution in [0.15, 0.2) is 53.7 Å². The van der Waals surface area contributed by atoms with Crippen LogP contribution in [0.2, 0.25) is 0 Å². The highest BCUT2D eigenvalue weighted by Gasteiger charge is 2.20. The number of rotatable bonds is 4. The zero-order chi connectivity index (χ0) is 25.7. The van der Waals surface area contributed by atoms with Crippen LogP contribution in [0, 0.1) is 23.3 Å². The first-order chi connectivity index (χ1) is 17.9. The standard InChI is InChI=1S/C25H19F4N7O/c26-14-10-19(35-4-1-30-2-5-35)15(27)9-18(14)33-25-32-12-17(29)24(34-25)13-7-16(28)23-20(8-13)36-6-3-31-22(36)11-21(23)37/h3,6-12,30-31H,1-2,4-5H2,(H,32,33,34). The third-order valence-corrected chi connectivity index (χ3v) is 6.32. The molecular weight excluding hydrogens is 490 g/mol. The van der Waals surface area contributed by atoms with Gasteiger partial charge in [-0.3, -0.25) is 4.79 Å². The van der Waals surface area contributed by atoms with E-state index >= 15 is 0 Å². The van der Waals surface area contributed by atoms with Gasteiger partial charge in [-0.1, -0.05) is 0 Å². The minimum absolute atomic E-state index is 0.0364. The number of benzene rings is 2. The predicted molar refractivity (Wildman–Crippen MR) is 131 cm³/mol. The molecule has 2 aromatic carbocycles. The number of aromatic amines is 1. The first-order valence-corrected chi connectivity index (χ1v) is 11.5. The Labute approximate surface area is 206 Å². The van der Waals surface area contributed by atoms with Gasteiger partial charge in [0.2, 0.25) is 5.95 Å². The minimum Gasteiger partial charge on any atom is -0.367 e. The molecule has 1 aliphatic heterocycles. The zero-order valence-electron chi connectivity index (χ0n) is 19.2. The van der Waals surface area contributed by atoms with Gasteiger partial charge < -0.3 is 24.9 Å². The van der Waals surface area contributed by atoms with Gasteiger partial charge >= 0.3 is 0 Å². The second-order valence-electron chi connectivity index (χ2n) is 8.61. The largest absolute Gasteiger partial charge is 0.367 e. The van der Waals surface area contributed by atoms with Crippen LogP contribution < -0.4 is 21.0 Å². The van der Waals surface area contributed by atoms with Crippen molar-refractivity contribution in [2.45, 2.75) is 0 Å². The lowest BCUT2D eigenvalue weighted by Gasteiger charge is -2.30. The second-order valence-corrected chi connectivity index (χ2v) is 8.61. The molecule has 5 aromatic rings. The average molecular weight is 509 g/mol. The molecule has 0 aliphatic carbocycles. The number of pyridine rings is 1. The Morgan fingerprint density at radius 1 is 0.919 bits per heavy atom. The van der Waals surface area contributed by atoms with Crippen molar-refractivity contribution in [1.29, 1.82) is 0 Å². The quantitative estimate of drug-likeness (QED) is 0.318. The van der Waals surface area contributed by atoms with Gasteiger partial charge in [0.05, 0.1) is 28.5 Å². The maximum Gasteiger partial charge on any atom is 0.228 e. The molecule has 12 heteroatoms. The number of anilines is 3. The van der Waals surface area contributed by atoms with Crippen LogP contribution in [-0.4, -0.2) is 45.5 Å². The molecule has 8 nitrogen and oxygen atoms in total. The summed E-state index contributed by atoms with van der Waals surface area (Å²) < 4.78 is 61.0. The highest BCUT2D eigenvalue weighted by atomic mass is 19.1. The summed E-state index contributed by atoms with van der Waals surface area (Å²) in [7, 11) is 0. The van der Waals surface area contributed by atoms with Gasteiger partial charge in [0.25, 0.3) is 0 Å². The van der Waals surface area contributed by atoms with Crippen molar-refractivity contribution in [2.75, 3.05) is 36.4 Å². The summed E-state index contributed by atoms with van der Waals surface area (Å²) in [6.07, 6.45) is 4.03. The molecular formula is C25H19F4N7O. The maximum absolute atomic E-state index is 15.0. The number of halogens is 4. The first kappa shape index (κ1) is 23.0. The summed E-state index contributed by atoms with van der Waals surface area (Å²) in [5, 5.41) is 5.57. The van der Waals surface area contributed by atoms with Crippen LogP contribution in [0.5, 0.6) is 0 Å². The Bertz CT molecular complexity index is 1730. The van der Waals surface area contributed by atoms with Crippen molar-refractivity contribution in [2.24, 2.45) is 0 Å². The average Bonchev–Trinajstić information content (AvgIpc) is 3.36. The van der Waals surface area contributed by atoms with Gasteiger partial charge in [0.15, 0.2) is 11.2 Å². The molecule has 0 bridgehead atoms. The zero-order valence-corrected chi connectivity index (χ0v) is 19.2. The Kier molecular flexibility index (Phi) is 5.52. The fourth-order valence-corrected chi connectivity index (χ4v) is 4.56. The maximum atomic E-state index is 15.0. The molecule has 6 rings (SSSR count). The van der Waals surface area contributed by atoms with Crippen LogP contribution in [0.4, 0.5) is 34.9 Å². The molecule has 3 aromatic heterocycles. The number of fused-ring (bicyclic) bond motifs is 3. The number of imidazole rings is 1. The molecule has 4 heterocycles. The number of piperazine rings is 1. The Balaban J connectivity index is 1.39. The number of nitrogens with one attached hydrogen (secondary N) is 3. The van der Waals surface area contributed by atoms with Gasteiger partial charge in [-0.15, -0.1) is 0 Å². The molecule has 0 amide bonds. The summed E-state index contributed by atoms with van der Waals surface area (Å²) in [4.78, 5) is 24.9. The van der Waals surface area contributed by atoms with Crippen molar-refractivity contribution in [3.05, 3.63) is 82.4 Å². The monoisotopic (exact) mass is 509 g/mol. The fourth-order valence-electron chi connectivity index (χ4n) is 4.56. The van der Waals surface area contributed by atoms with E-state index in [2.05, 4.69) is 25.6 Å². The Morgan fingerprint density at radius 3 is 2.54 bits per heavy atom. The molecule has 3 N–H and O–H groups in total. The Morgan fingerprint density at radius 2 is 1.73 bits per heavy atom. The van der Waals surface area contributed by atoms with Gasteiger partial charge in [-0.05, 0) is 12.1 Å². The van der Waals surface area contributed by atoms with Gasteiger partial charge in [0.1, 0.15) is 28.8 Å². The van der Waals surface area contributed by atoms with E-state index in [9.17, 15) is 22.4 Å². The lowest BCUT2D eigenvalue weighted by Crippen LogP contribution is -2.43. The topological polar surface area (TPSA) is 90.3 Å². The van der Waals surface area contributed by atoms with Gasteiger partial charge in [-0.25, -0.2) is 27.5 Å². The van der Waals surface area contributed by atoms with Gasteiger partial charge in [0, 0.05) is 62.3 Å². The molecule has 0 unspecified atom stereocenters. The lowest BCUT2D eigenvalue weighted by atomic mass is 10.1. The third-order valence-electron chi connectivity index (χ3n) is 6.32. The molecule has 0 saturated carbocycles. The van der Waals surface area contributed by atoms with Crippen molar-refractivity contribution in [3.8, 4) is 11.3 Å². The number of hydrogen-bond acceptors (Lipinski definition) is 6. The van der Waals surface area contributed by atoms with Crippen molar-refractivity contribution in [3.63, 3.8) is 0 Å². The molecule has 1 aliphatic rings. The molecule has 0 spiro atoms. The molecule has 1 fully saturated rings. The van der Waals surface area contributed by atoms with E-state index in [-0.39, 0.29) is 39.5 Å². The van der Waals surface area contributed by atoms with Crippen LogP contribution in [0.3, 0.4) is 0 Å². The first-order valence-electron chi connectivity index (χ1n) is 11.5. The molecule has 1 saturated heterocycles. The third kappa shape index (κ3) is 4.04. The van der Waals surface area contributed by atoms with Crippen molar-refractivity contribution >= 4 is 33.9 Å². The number of H-pyrrole nitrogens is 1. The van der Waals surface area contributed by atoms with E-state index in [1.807, 2.05) is 0 Å². The predicted octanol–water partition coefficient (Wildman–Crippen LogP) is 3.95. The highest BCUT2D eigenvalue weighted by Crippen LogP contribution is 2.30. The number of aromatic nitrogens is 4. The summed E-state index contributed by atoms with van der Waals surface area (Å²) >= 11 is 0. The van der Waals surface area contributed by atoms with Crippen molar-refractivity contribution < 1.29 is 17.6 Å². The summed E-state index contributed by atoms with van der Waals surface area (Å²) in [5.74, 6) is -3.31.